The van der Waals surface area contributed by atoms with Gasteiger partial charge in [0.2, 0.25) is 0 Å². The third-order valence-corrected chi connectivity index (χ3v) is 3.50. The van der Waals surface area contributed by atoms with Gasteiger partial charge in [-0.25, -0.2) is 0 Å². The number of para-hydroxylation sites is 1. The largest absolute Gasteiger partial charge is 0.397 e. The highest BCUT2D eigenvalue weighted by Crippen LogP contribution is 2.25. The van der Waals surface area contributed by atoms with E-state index in [1.807, 2.05) is 24.0 Å². The summed E-state index contributed by atoms with van der Waals surface area (Å²) in [7, 11) is -3.29. The van der Waals surface area contributed by atoms with Crippen LogP contribution in [0.4, 0.5) is 0 Å². The zero-order valence-electron chi connectivity index (χ0n) is 10.6. The van der Waals surface area contributed by atoms with Crippen LogP contribution < -0.4 is 0 Å². The molecule has 0 aliphatic carbocycles. The molecule has 19 heavy (non-hydrogen) atoms. The first-order valence-electron chi connectivity index (χ1n) is 5.47. The van der Waals surface area contributed by atoms with E-state index >= 15 is 0 Å². The van der Waals surface area contributed by atoms with Gasteiger partial charge >= 0.3 is 10.4 Å². The number of hydrogen-bond acceptors (Lipinski definition) is 5. The van der Waals surface area contributed by atoms with Gasteiger partial charge in [0.1, 0.15) is 0 Å². The molecule has 0 unspecified atom stereocenters. The van der Waals surface area contributed by atoms with E-state index in [9.17, 15) is 8.42 Å². The number of hydrogen-bond donors (Lipinski definition) is 1. The Kier molecular flexibility index (Phi) is 6.23. The highest BCUT2D eigenvalue weighted by atomic mass is 32.3. The second kappa shape index (κ2) is 7.44. The molecule has 0 atom stereocenters. The van der Waals surface area contributed by atoms with Crippen molar-refractivity contribution in [2.24, 2.45) is 0 Å². The van der Waals surface area contributed by atoms with Gasteiger partial charge in [-0.05, 0) is 17.9 Å². The standard InChI is InChI=1S/C11H11NS.CH4O4S/c1-2-13-11-7-8-12-10-6-4-3-5-9(10)11;1-5-6(2,3)4/h3-8H,2H2,1H3;1H3,(H,2,3,4). The van der Waals surface area contributed by atoms with Crippen molar-refractivity contribution < 1.29 is 17.2 Å². The molecule has 0 saturated carbocycles. The summed E-state index contributed by atoms with van der Waals surface area (Å²) < 4.78 is 29.7. The van der Waals surface area contributed by atoms with Gasteiger partial charge in [0, 0.05) is 16.5 Å². The summed E-state index contributed by atoms with van der Waals surface area (Å²) in [5.74, 6) is 1.11. The second-order valence-corrected chi connectivity index (χ2v) is 5.85. The monoisotopic (exact) mass is 301 g/mol. The Hall–Kier alpha value is -1.15. The number of fused-ring (bicyclic) bond motifs is 1. The number of aromatic nitrogens is 1. The Morgan fingerprint density at radius 3 is 2.53 bits per heavy atom. The Morgan fingerprint density at radius 1 is 1.32 bits per heavy atom. The van der Waals surface area contributed by atoms with E-state index in [2.05, 4.69) is 40.4 Å². The molecule has 1 aromatic carbocycles. The van der Waals surface area contributed by atoms with E-state index in [1.165, 1.54) is 10.3 Å². The maximum absolute atomic E-state index is 9.33. The first-order valence-corrected chi connectivity index (χ1v) is 7.82. The first kappa shape index (κ1) is 15.9. The van der Waals surface area contributed by atoms with Gasteiger partial charge in [-0.3, -0.25) is 13.7 Å². The molecule has 0 bridgehead atoms. The SMILES string of the molecule is CCSc1ccnc2ccccc12.COS(=O)(=O)O. The van der Waals surface area contributed by atoms with Crippen LogP contribution in [-0.4, -0.2) is 30.8 Å². The molecule has 0 amide bonds. The van der Waals surface area contributed by atoms with Crippen LogP contribution in [0.1, 0.15) is 6.92 Å². The van der Waals surface area contributed by atoms with Crippen LogP contribution in [0.5, 0.6) is 0 Å². The average Bonchev–Trinajstić information content (AvgIpc) is 2.39. The molecule has 1 aromatic heterocycles. The van der Waals surface area contributed by atoms with E-state index in [0.29, 0.717) is 0 Å². The van der Waals surface area contributed by atoms with Gasteiger partial charge in [-0.1, -0.05) is 25.1 Å². The van der Waals surface area contributed by atoms with Crippen LogP contribution in [0.25, 0.3) is 10.9 Å². The van der Waals surface area contributed by atoms with Crippen molar-refractivity contribution in [3.8, 4) is 0 Å². The molecule has 2 rings (SSSR count). The Bertz CT molecular complexity index is 623. The zero-order valence-corrected chi connectivity index (χ0v) is 12.2. The Morgan fingerprint density at radius 2 is 1.95 bits per heavy atom. The highest BCUT2D eigenvalue weighted by Gasteiger charge is 1.99. The Balaban J connectivity index is 0.000000258. The predicted molar refractivity (Wildman–Crippen MR) is 76.7 cm³/mol. The number of nitrogens with zero attached hydrogens (tertiary/aromatic N) is 1. The van der Waals surface area contributed by atoms with Crippen LogP contribution in [0.15, 0.2) is 41.4 Å². The van der Waals surface area contributed by atoms with Crippen molar-refractivity contribution in [2.75, 3.05) is 12.9 Å². The van der Waals surface area contributed by atoms with Gasteiger partial charge < -0.3 is 0 Å². The lowest BCUT2D eigenvalue weighted by molar-refractivity contribution is 0.324. The molecule has 104 valence electrons. The van der Waals surface area contributed by atoms with Gasteiger partial charge in [-0.2, -0.15) is 8.42 Å². The maximum Gasteiger partial charge on any atom is 0.397 e. The smallest absolute Gasteiger partial charge is 0.264 e. The summed E-state index contributed by atoms with van der Waals surface area (Å²) in [6.45, 7) is 2.17. The average molecular weight is 301 g/mol. The molecule has 0 radical (unpaired) electrons. The lowest BCUT2D eigenvalue weighted by Crippen LogP contribution is -1.96. The van der Waals surface area contributed by atoms with Crippen molar-refractivity contribution >= 4 is 33.1 Å². The minimum absolute atomic E-state index is 0.870. The van der Waals surface area contributed by atoms with E-state index in [1.54, 1.807) is 0 Å². The van der Waals surface area contributed by atoms with E-state index in [-0.39, 0.29) is 0 Å². The van der Waals surface area contributed by atoms with Crippen LogP contribution in [0, 0.1) is 0 Å². The molecule has 0 fully saturated rings. The number of thioether (sulfide) groups is 1. The fourth-order valence-corrected chi connectivity index (χ4v) is 2.15. The number of pyridine rings is 1. The van der Waals surface area contributed by atoms with Gasteiger partial charge in [0.05, 0.1) is 12.6 Å². The third-order valence-electron chi connectivity index (χ3n) is 2.12. The molecular formula is C12H15NO4S2. The summed E-state index contributed by atoms with van der Waals surface area (Å²) in [6.07, 6.45) is 1.88. The first-order chi connectivity index (χ1) is 8.98. The van der Waals surface area contributed by atoms with Crippen molar-refractivity contribution in [3.63, 3.8) is 0 Å². The van der Waals surface area contributed by atoms with Gasteiger partial charge in [-0.15, -0.1) is 11.8 Å². The third kappa shape index (κ3) is 5.56. The fraction of sp³-hybridized carbons (Fsp3) is 0.250. The molecule has 7 heteroatoms. The van der Waals surface area contributed by atoms with Crippen LogP contribution >= 0.6 is 11.8 Å². The quantitative estimate of drug-likeness (QED) is 0.694. The molecule has 5 nitrogen and oxygen atoms in total. The lowest BCUT2D eigenvalue weighted by Gasteiger charge is -2.02. The molecular weight excluding hydrogens is 286 g/mol. The lowest BCUT2D eigenvalue weighted by atomic mass is 10.2. The fourth-order valence-electron chi connectivity index (χ4n) is 1.35. The summed E-state index contributed by atoms with van der Waals surface area (Å²) in [6, 6.07) is 10.3. The van der Waals surface area contributed by atoms with Crippen LogP contribution in [0.3, 0.4) is 0 Å². The second-order valence-electron chi connectivity index (χ2n) is 3.35. The Labute approximate surface area is 117 Å². The summed E-state index contributed by atoms with van der Waals surface area (Å²) >= 11 is 1.86. The van der Waals surface area contributed by atoms with E-state index in [0.717, 1.165) is 18.4 Å². The molecule has 0 spiro atoms. The molecule has 1 heterocycles. The van der Waals surface area contributed by atoms with Crippen molar-refractivity contribution in [1.82, 2.24) is 4.98 Å². The molecule has 0 aliphatic rings. The van der Waals surface area contributed by atoms with E-state index in [4.69, 9.17) is 4.55 Å². The molecule has 0 aliphatic heterocycles. The van der Waals surface area contributed by atoms with E-state index < -0.39 is 10.4 Å². The predicted octanol–water partition coefficient (Wildman–Crippen LogP) is 2.78. The maximum atomic E-state index is 9.33. The van der Waals surface area contributed by atoms with Crippen LogP contribution in [0.2, 0.25) is 0 Å². The molecule has 0 saturated heterocycles. The highest BCUT2D eigenvalue weighted by molar-refractivity contribution is 7.99. The zero-order chi connectivity index (χ0) is 14.3. The molecule has 1 N–H and O–H groups in total. The van der Waals surface area contributed by atoms with Gasteiger partial charge in [0.15, 0.2) is 0 Å². The number of benzene rings is 1. The minimum Gasteiger partial charge on any atom is -0.264 e. The summed E-state index contributed by atoms with van der Waals surface area (Å²) in [5, 5.41) is 1.26. The topological polar surface area (TPSA) is 76.5 Å². The summed E-state index contributed by atoms with van der Waals surface area (Å²) in [5.41, 5.74) is 1.08. The van der Waals surface area contributed by atoms with Crippen molar-refractivity contribution in [2.45, 2.75) is 11.8 Å². The van der Waals surface area contributed by atoms with Crippen LogP contribution in [-0.2, 0) is 14.6 Å². The normalized spacial score (nSPS) is 10.9. The number of rotatable bonds is 3. The van der Waals surface area contributed by atoms with Gasteiger partial charge in [0.25, 0.3) is 0 Å². The van der Waals surface area contributed by atoms with Crippen molar-refractivity contribution in [1.29, 1.82) is 0 Å². The van der Waals surface area contributed by atoms with Crippen molar-refractivity contribution in [3.05, 3.63) is 36.5 Å². The minimum atomic E-state index is -4.16. The molecule has 2 aromatic rings. The summed E-state index contributed by atoms with van der Waals surface area (Å²) in [4.78, 5) is 5.64.